The third-order valence-electron chi connectivity index (χ3n) is 4.63. The van der Waals surface area contributed by atoms with E-state index < -0.39 is 6.10 Å². The molecule has 2 aromatic rings. The van der Waals surface area contributed by atoms with E-state index >= 15 is 0 Å². The fourth-order valence-corrected chi connectivity index (χ4v) is 3.20. The first-order valence-corrected chi connectivity index (χ1v) is 8.67. The van der Waals surface area contributed by atoms with E-state index in [4.69, 9.17) is 14.2 Å². The smallest absolute Gasteiger partial charge is 0.254 e. The van der Waals surface area contributed by atoms with Crippen LogP contribution in [0.2, 0.25) is 0 Å². The highest BCUT2D eigenvalue weighted by atomic mass is 16.6. The van der Waals surface area contributed by atoms with Crippen LogP contribution in [0.1, 0.15) is 22.6 Å². The highest BCUT2D eigenvalue weighted by molar-refractivity contribution is 5.81. The fraction of sp³-hybridized carbons (Fsp3) is 0.421. The molecule has 0 bridgehead atoms. The Morgan fingerprint density at radius 3 is 2.85 bits per heavy atom. The summed E-state index contributed by atoms with van der Waals surface area (Å²) in [5, 5.41) is 0. The number of methoxy groups -OCH3 is 1. The van der Waals surface area contributed by atoms with Crippen LogP contribution in [-0.2, 0) is 33.8 Å². The van der Waals surface area contributed by atoms with Crippen molar-refractivity contribution in [3.05, 3.63) is 53.1 Å². The zero-order chi connectivity index (χ0) is 17.9. The fourth-order valence-electron chi connectivity index (χ4n) is 3.20. The van der Waals surface area contributed by atoms with E-state index in [0.29, 0.717) is 39.3 Å². The van der Waals surface area contributed by atoms with Crippen molar-refractivity contribution < 1.29 is 19.0 Å². The molecule has 7 heteroatoms. The molecule has 7 nitrogen and oxygen atoms in total. The van der Waals surface area contributed by atoms with Crippen LogP contribution in [0.5, 0.6) is 5.75 Å². The van der Waals surface area contributed by atoms with Crippen molar-refractivity contribution in [1.82, 2.24) is 14.9 Å². The zero-order valence-corrected chi connectivity index (χ0v) is 14.7. The number of carbonyl (C=O) groups excluding carboxylic acids is 1. The van der Waals surface area contributed by atoms with Crippen LogP contribution >= 0.6 is 0 Å². The van der Waals surface area contributed by atoms with Crippen molar-refractivity contribution in [2.75, 3.05) is 26.9 Å². The maximum atomic E-state index is 12.6. The number of ether oxygens (including phenoxy) is 3. The van der Waals surface area contributed by atoms with Gasteiger partial charge in [-0.25, -0.2) is 9.97 Å². The van der Waals surface area contributed by atoms with Crippen LogP contribution in [0.15, 0.2) is 30.5 Å². The minimum Gasteiger partial charge on any atom is -0.497 e. The van der Waals surface area contributed by atoms with Crippen molar-refractivity contribution >= 4 is 5.91 Å². The van der Waals surface area contributed by atoms with Gasteiger partial charge in [0.1, 0.15) is 11.6 Å². The summed E-state index contributed by atoms with van der Waals surface area (Å²) in [7, 11) is 1.65. The molecule has 136 valence electrons. The average Bonchev–Trinajstić information content (AvgIpc) is 3.12. The van der Waals surface area contributed by atoms with Crippen molar-refractivity contribution in [1.29, 1.82) is 0 Å². The summed E-state index contributed by atoms with van der Waals surface area (Å²) in [4.78, 5) is 23.4. The van der Waals surface area contributed by atoms with Gasteiger partial charge in [0, 0.05) is 24.7 Å². The molecular weight excluding hydrogens is 334 g/mol. The van der Waals surface area contributed by atoms with E-state index in [0.717, 1.165) is 28.4 Å². The first-order valence-electron chi connectivity index (χ1n) is 8.67. The van der Waals surface area contributed by atoms with Crippen LogP contribution in [0.4, 0.5) is 0 Å². The number of carbonyl (C=O) groups is 1. The Balaban J connectivity index is 1.43. The lowest BCUT2D eigenvalue weighted by Gasteiger charge is -2.26. The largest absolute Gasteiger partial charge is 0.497 e. The number of hydrogen-bond acceptors (Lipinski definition) is 6. The van der Waals surface area contributed by atoms with Gasteiger partial charge in [0.2, 0.25) is 0 Å². The number of rotatable bonds is 4. The summed E-state index contributed by atoms with van der Waals surface area (Å²) in [6.45, 7) is 2.34. The Bertz CT molecular complexity index is 788. The Hall–Kier alpha value is -2.51. The normalized spacial score (nSPS) is 19.3. The molecule has 2 aliphatic rings. The molecule has 1 saturated heterocycles. The van der Waals surface area contributed by atoms with Crippen molar-refractivity contribution in [2.24, 2.45) is 0 Å². The van der Waals surface area contributed by atoms with Crippen LogP contribution < -0.4 is 4.74 Å². The van der Waals surface area contributed by atoms with E-state index in [1.165, 1.54) is 0 Å². The molecule has 1 aromatic heterocycles. The Morgan fingerprint density at radius 2 is 2.12 bits per heavy atom. The Labute approximate surface area is 151 Å². The van der Waals surface area contributed by atoms with Gasteiger partial charge in [-0.05, 0) is 17.7 Å². The molecule has 4 rings (SSSR count). The number of aromatic nitrogens is 2. The van der Waals surface area contributed by atoms with E-state index in [1.54, 1.807) is 12.0 Å². The molecule has 0 N–H and O–H groups in total. The molecule has 0 radical (unpaired) electrons. The van der Waals surface area contributed by atoms with Gasteiger partial charge in [0.05, 0.1) is 39.2 Å². The highest BCUT2D eigenvalue weighted by Crippen LogP contribution is 2.23. The molecule has 1 aromatic carbocycles. The third-order valence-corrected chi connectivity index (χ3v) is 4.63. The lowest BCUT2D eigenvalue weighted by atomic mass is 10.1. The van der Waals surface area contributed by atoms with Gasteiger partial charge in [0.15, 0.2) is 6.10 Å². The summed E-state index contributed by atoms with van der Waals surface area (Å²) in [5.41, 5.74) is 3.02. The van der Waals surface area contributed by atoms with E-state index in [9.17, 15) is 4.79 Å². The van der Waals surface area contributed by atoms with E-state index in [-0.39, 0.29) is 5.91 Å². The predicted octanol–water partition coefficient (Wildman–Crippen LogP) is 1.33. The zero-order valence-electron chi connectivity index (χ0n) is 14.7. The standard InChI is InChI=1S/C19H21N3O4/c1-24-15-4-2-13(3-5-15)8-18-20-9-14-10-22(11-16(14)21-18)19(23)17-12-25-6-7-26-17/h2-5,9,17H,6-8,10-12H2,1H3/t17-/m0/s1. The van der Waals surface area contributed by atoms with Crippen LogP contribution in [0, 0.1) is 0 Å². The van der Waals surface area contributed by atoms with Crippen molar-refractivity contribution in [2.45, 2.75) is 25.6 Å². The van der Waals surface area contributed by atoms with Gasteiger partial charge >= 0.3 is 0 Å². The summed E-state index contributed by atoms with van der Waals surface area (Å²) in [5.74, 6) is 1.53. The molecule has 0 spiro atoms. The second kappa shape index (κ2) is 7.39. The highest BCUT2D eigenvalue weighted by Gasteiger charge is 2.32. The lowest BCUT2D eigenvalue weighted by Crippen LogP contribution is -2.43. The maximum absolute atomic E-state index is 12.6. The van der Waals surface area contributed by atoms with Gasteiger partial charge in [-0.15, -0.1) is 0 Å². The number of benzene rings is 1. The maximum Gasteiger partial charge on any atom is 0.254 e. The monoisotopic (exact) mass is 355 g/mol. The molecule has 0 saturated carbocycles. The molecule has 0 aliphatic carbocycles. The number of amides is 1. The van der Waals surface area contributed by atoms with Crippen molar-refractivity contribution in [3.63, 3.8) is 0 Å². The van der Waals surface area contributed by atoms with E-state index in [2.05, 4.69) is 9.97 Å². The predicted molar refractivity (Wildman–Crippen MR) is 92.6 cm³/mol. The Morgan fingerprint density at radius 1 is 1.27 bits per heavy atom. The van der Waals surface area contributed by atoms with Gasteiger partial charge in [-0.2, -0.15) is 0 Å². The molecule has 2 aliphatic heterocycles. The van der Waals surface area contributed by atoms with Gasteiger partial charge in [-0.3, -0.25) is 4.79 Å². The minimum atomic E-state index is -0.509. The SMILES string of the molecule is COc1ccc(Cc2ncc3c(n2)CN(C(=O)[C@@H]2COCCO2)C3)cc1. The minimum absolute atomic E-state index is 0.0422. The topological polar surface area (TPSA) is 73.8 Å². The van der Waals surface area contributed by atoms with Crippen molar-refractivity contribution in [3.8, 4) is 5.75 Å². The third kappa shape index (κ3) is 3.54. The van der Waals surface area contributed by atoms with Crippen LogP contribution in [0.3, 0.4) is 0 Å². The second-order valence-corrected chi connectivity index (χ2v) is 6.41. The molecule has 26 heavy (non-hydrogen) atoms. The van der Waals surface area contributed by atoms with Crippen LogP contribution in [0.25, 0.3) is 0 Å². The number of hydrogen-bond donors (Lipinski definition) is 0. The Kier molecular flexibility index (Phi) is 4.81. The number of nitrogens with zero attached hydrogens (tertiary/aromatic N) is 3. The first-order chi connectivity index (χ1) is 12.7. The van der Waals surface area contributed by atoms with Gasteiger partial charge in [-0.1, -0.05) is 12.1 Å². The molecule has 0 unspecified atom stereocenters. The average molecular weight is 355 g/mol. The summed E-state index contributed by atoms with van der Waals surface area (Å²) >= 11 is 0. The molecule has 1 amide bonds. The van der Waals surface area contributed by atoms with Gasteiger partial charge in [0.25, 0.3) is 5.91 Å². The summed E-state index contributed by atoms with van der Waals surface area (Å²) in [6.07, 6.45) is 1.96. The molecule has 1 fully saturated rings. The second-order valence-electron chi connectivity index (χ2n) is 6.41. The lowest BCUT2D eigenvalue weighted by molar-refractivity contribution is -0.158. The quantitative estimate of drug-likeness (QED) is 0.824. The summed E-state index contributed by atoms with van der Waals surface area (Å²) < 4.78 is 16.0. The van der Waals surface area contributed by atoms with E-state index in [1.807, 2.05) is 30.5 Å². The summed E-state index contributed by atoms with van der Waals surface area (Å²) in [6, 6.07) is 7.86. The number of fused-ring (bicyclic) bond motifs is 1. The first kappa shape index (κ1) is 16.9. The van der Waals surface area contributed by atoms with Crippen LogP contribution in [-0.4, -0.2) is 53.8 Å². The van der Waals surface area contributed by atoms with Gasteiger partial charge < -0.3 is 19.1 Å². The molecular formula is C19H21N3O4. The molecule has 1 atom stereocenters. The molecule has 3 heterocycles.